The molecule has 4 heteroatoms. The van der Waals surface area contributed by atoms with E-state index in [9.17, 15) is 0 Å². The van der Waals surface area contributed by atoms with Crippen LogP contribution in [-0.4, -0.2) is 9.97 Å². The Morgan fingerprint density at radius 2 is 1.83 bits per heavy atom. The Bertz CT molecular complexity index is 844. The summed E-state index contributed by atoms with van der Waals surface area (Å²) < 4.78 is 0. The lowest BCUT2D eigenvalue weighted by Gasteiger charge is -2.15. The summed E-state index contributed by atoms with van der Waals surface area (Å²) in [6.45, 7) is 0. The van der Waals surface area contributed by atoms with Crippen molar-refractivity contribution in [3.8, 4) is 0 Å². The van der Waals surface area contributed by atoms with Gasteiger partial charge in [-0.1, -0.05) is 41.9 Å². The van der Waals surface area contributed by atoms with Gasteiger partial charge in [0.2, 0.25) is 0 Å². The molecule has 23 heavy (non-hydrogen) atoms. The van der Waals surface area contributed by atoms with Crippen molar-refractivity contribution in [1.82, 2.24) is 9.97 Å². The Balaban J connectivity index is 1.82. The molecular formula is C19H18ClN3. The average Bonchev–Trinajstić information content (AvgIpc) is 3.40. The van der Waals surface area contributed by atoms with Crippen LogP contribution in [0.2, 0.25) is 5.02 Å². The maximum absolute atomic E-state index is 6.45. The molecule has 4 rings (SSSR count). The molecular weight excluding hydrogens is 306 g/mol. The van der Waals surface area contributed by atoms with Crippen molar-refractivity contribution < 1.29 is 0 Å². The lowest BCUT2D eigenvalue weighted by atomic mass is 10.0. The Morgan fingerprint density at radius 1 is 1.04 bits per heavy atom. The van der Waals surface area contributed by atoms with Gasteiger partial charge in [0.25, 0.3) is 0 Å². The molecule has 116 valence electrons. The molecule has 3 aromatic rings. The van der Waals surface area contributed by atoms with E-state index >= 15 is 0 Å². The minimum absolute atomic E-state index is 0.0374. The van der Waals surface area contributed by atoms with Gasteiger partial charge in [0.05, 0.1) is 28.5 Å². The predicted octanol–water partition coefficient (Wildman–Crippen LogP) is 4.28. The molecule has 0 spiro atoms. The minimum atomic E-state index is -0.0374. The normalized spacial score (nSPS) is 15.7. The largest absolute Gasteiger partial charge is 0.322 e. The van der Waals surface area contributed by atoms with E-state index in [1.807, 2.05) is 36.4 Å². The minimum Gasteiger partial charge on any atom is -0.322 e. The van der Waals surface area contributed by atoms with Crippen molar-refractivity contribution >= 4 is 22.6 Å². The first-order valence-electron chi connectivity index (χ1n) is 7.96. The molecule has 1 unspecified atom stereocenters. The standard InChI is InChI=1S/C19H18ClN3/c20-14-8-9-15-16(11-14)23-19(18(21)13-6-7-13)17(22-15)10-12-4-2-1-3-5-12/h1-5,8-9,11,13,18H,6-7,10,21H2. The first-order valence-corrected chi connectivity index (χ1v) is 8.34. The van der Waals surface area contributed by atoms with E-state index in [-0.39, 0.29) is 6.04 Å². The highest BCUT2D eigenvalue weighted by molar-refractivity contribution is 6.31. The smallest absolute Gasteiger partial charge is 0.0905 e. The van der Waals surface area contributed by atoms with Gasteiger partial charge in [-0.25, -0.2) is 9.97 Å². The molecule has 1 heterocycles. The second-order valence-electron chi connectivity index (χ2n) is 6.21. The van der Waals surface area contributed by atoms with Crippen LogP contribution in [0.15, 0.2) is 48.5 Å². The zero-order valence-corrected chi connectivity index (χ0v) is 13.5. The molecule has 1 aromatic heterocycles. The van der Waals surface area contributed by atoms with Gasteiger partial charge in [-0.3, -0.25) is 0 Å². The molecule has 0 bridgehead atoms. The molecule has 2 N–H and O–H groups in total. The molecule has 3 nitrogen and oxygen atoms in total. The van der Waals surface area contributed by atoms with Crippen LogP contribution in [0.3, 0.4) is 0 Å². The molecule has 1 aliphatic rings. The third-order valence-corrected chi connectivity index (χ3v) is 4.62. The molecule has 0 aliphatic heterocycles. The number of aromatic nitrogens is 2. The van der Waals surface area contributed by atoms with E-state index < -0.39 is 0 Å². The second kappa shape index (κ2) is 5.91. The van der Waals surface area contributed by atoms with Crippen molar-refractivity contribution in [1.29, 1.82) is 0 Å². The molecule has 1 aliphatic carbocycles. The van der Waals surface area contributed by atoms with Crippen LogP contribution in [0, 0.1) is 5.92 Å². The number of nitrogens with two attached hydrogens (primary N) is 1. The summed E-state index contributed by atoms with van der Waals surface area (Å²) in [4.78, 5) is 9.66. The zero-order chi connectivity index (χ0) is 15.8. The highest BCUT2D eigenvalue weighted by Crippen LogP contribution is 2.40. The van der Waals surface area contributed by atoms with Crippen molar-refractivity contribution in [3.05, 3.63) is 70.5 Å². The first kappa shape index (κ1) is 14.6. The highest BCUT2D eigenvalue weighted by Gasteiger charge is 2.32. The van der Waals surface area contributed by atoms with E-state index in [0.29, 0.717) is 10.9 Å². The Labute approximate surface area is 140 Å². The number of halogens is 1. The second-order valence-corrected chi connectivity index (χ2v) is 6.65. The summed E-state index contributed by atoms with van der Waals surface area (Å²) in [7, 11) is 0. The maximum Gasteiger partial charge on any atom is 0.0905 e. The number of hydrogen-bond acceptors (Lipinski definition) is 3. The molecule has 1 atom stereocenters. The fourth-order valence-electron chi connectivity index (χ4n) is 2.94. The maximum atomic E-state index is 6.45. The molecule has 2 aromatic carbocycles. The quantitative estimate of drug-likeness (QED) is 0.779. The monoisotopic (exact) mass is 323 g/mol. The summed E-state index contributed by atoms with van der Waals surface area (Å²) in [6.07, 6.45) is 3.12. The Kier molecular flexibility index (Phi) is 3.76. The van der Waals surface area contributed by atoms with Crippen LogP contribution < -0.4 is 5.73 Å². The average molecular weight is 324 g/mol. The SMILES string of the molecule is NC(c1nc2cc(Cl)ccc2nc1Cc1ccccc1)C1CC1. The van der Waals surface area contributed by atoms with Gasteiger partial charge in [0, 0.05) is 11.4 Å². The lowest BCUT2D eigenvalue weighted by Crippen LogP contribution is -2.18. The van der Waals surface area contributed by atoms with Gasteiger partial charge in [0.1, 0.15) is 0 Å². The van der Waals surface area contributed by atoms with Gasteiger partial charge in [0.15, 0.2) is 0 Å². The number of rotatable bonds is 4. The molecule has 0 radical (unpaired) electrons. The number of fused-ring (bicyclic) bond motifs is 1. The van der Waals surface area contributed by atoms with Crippen LogP contribution in [0.5, 0.6) is 0 Å². The fourth-order valence-corrected chi connectivity index (χ4v) is 3.11. The van der Waals surface area contributed by atoms with Gasteiger partial charge in [-0.15, -0.1) is 0 Å². The third-order valence-electron chi connectivity index (χ3n) is 4.39. The number of hydrogen-bond donors (Lipinski definition) is 1. The highest BCUT2D eigenvalue weighted by atomic mass is 35.5. The van der Waals surface area contributed by atoms with Crippen molar-refractivity contribution in [2.75, 3.05) is 0 Å². The van der Waals surface area contributed by atoms with E-state index in [4.69, 9.17) is 27.3 Å². The van der Waals surface area contributed by atoms with Crippen LogP contribution in [-0.2, 0) is 6.42 Å². The van der Waals surface area contributed by atoms with Crippen LogP contribution in [0.4, 0.5) is 0 Å². The summed E-state index contributed by atoms with van der Waals surface area (Å²) in [5.41, 5.74) is 11.3. The Hall–Kier alpha value is -1.97. The Morgan fingerprint density at radius 3 is 2.57 bits per heavy atom. The topological polar surface area (TPSA) is 51.8 Å². The number of benzene rings is 2. The molecule has 1 fully saturated rings. The van der Waals surface area contributed by atoms with Crippen LogP contribution in [0.25, 0.3) is 11.0 Å². The van der Waals surface area contributed by atoms with E-state index in [0.717, 1.165) is 28.8 Å². The van der Waals surface area contributed by atoms with Gasteiger partial charge in [-0.2, -0.15) is 0 Å². The van der Waals surface area contributed by atoms with Crippen molar-refractivity contribution in [2.24, 2.45) is 11.7 Å². The lowest BCUT2D eigenvalue weighted by molar-refractivity contribution is 0.606. The third kappa shape index (κ3) is 3.07. The first-order chi connectivity index (χ1) is 11.2. The number of nitrogens with zero attached hydrogens (tertiary/aromatic N) is 2. The van der Waals surface area contributed by atoms with Crippen molar-refractivity contribution in [3.63, 3.8) is 0 Å². The predicted molar refractivity (Wildman–Crippen MR) is 93.4 cm³/mol. The van der Waals surface area contributed by atoms with E-state index in [1.165, 1.54) is 18.4 Å². The van der Waals surface area contributed by atoms with Gasteiger partial charge < -0.3 is 5.73 Å². The summed E-state index contributed by atoms with van der Waals surface area (Å²) in [5.74, 6) is 0.537. The van der Waals surface area contributed by atoms with Crippen LogP contribution >= 0.6 is 11.6 Å². The van der Waals surface area contributed by atoms with E-state index in [1.54, 1.807) is 0 Å². The van der Waals surface area contributed by atoms with Gasteiger partial charge in [-0.05, 0) is 42.5 Å². The van der Waals surface area contributed by atoms with E-state index in [2.05, 4.69) is 12.1 Å². The summed E-state index contributed by atoms with van der Waals surface area (Å²) in [5, 5.41) is 0.675. The molecule has 0 amide bonds. The van der Waals surface area contributed by atoms with Crippen LogP contribution in [0.1, 0.15) is 35.8 Å². The molecule has 0 saturated heterocycles. The van der Waals surface area contributed by atoms with Crippen molar-refractivity contribution in [2.45, 2.75) is 25.3 Å². The fraction of sp³-hybridized carbons (Fsp3) is 0.263. The van der Waals surface area contributed by atoms with Gasteiger partial charge >= 0.3 is 0 Å². The zero-order valence-electron chi connectivity index (χ0n) is 12.7. The molecule has 1 saturated carbocycles. The summed E-state index contributed by atoms with van der Waals surface area (Å²) in [6, 6.07) is 15.9. The summed E-state index contributed by atoms with van der Waals surface area (Å²) >= 11 is 6.10.